The zero-order chi connectivity index (χ0) is 17.8. The molecule has 3 rings (SSSR count). The fourth-order valence-corrected chi connectivity index (χ4v) is 4.33. The lowest BCUT2D eigenvalue weighted by Crippen LogP contribution is -2.47. The molecule has 1 heterocycles. The molecule has 2 aliphatic carbocycles. The number of nitrogens with zero attached hydrogens (tertiary/aromatic N) is 1. The van der Waals surface area contributed by atoms with E-state index in [0.29, 0.717) is 11.8 Å². The molecule has 2 saturated carbocycles. The Labute approximate surface area is 146 Å². The summed E-state index contributed by atoms with van der Waals surface area (Å²) in [5.41, 5.74) is -0.330. The molecule has 0 aromatic heterocycles. The Morgan fingerprint density at radius 2 is 1.58 bits per heavy atom. The third-order valence-electron chi connectivity index (χ3n) is 5.64. The molecular weight excluding hydrogens is 306 g/mol. The Bertz CT molecular complexity index is 470. The van der Waals surface area contributed by atoms with Gasteiger partial charge in [0, 0.05) is 31.3 Å². The molecule has 0 aromatic carbocycles. The summed E-state index contributed by atoms with van der Waals surface area (Å²) in [5.74, 6) is 0.808. The predicted molar refractivity (Wildman–Crippen MR) is 91.6 cm³/mol. The van der Waals surface area contributed by atoms with Gasteiger partial charge in [0.05, 0.1) is 13.2 Å². The fourth-order valence-electron chi connectivity index (χ4n) is 4.33. The molecule has 0 aromatic rings. The number of hydrogen-bond donors (Lipinski definition) is 0. The minimum atomic E-state index is -0.444. The van der Waals surface area contributed by atoms with Gasteiger partial charge in [-0.25, -0.2) is 4.79 Å². The number of carbonyl (C=O) groups excluding carboxylic acids is 1. The van der Waals surface area contributed by atoms with Crippen molar-refractivity contribution in [1.29, 1.82) is 0 Å². The third kappa shape index (κ3) is 3.72. The maximum Gasteiger partial charge on any atom is 0.410 e. The summed E-state index contributed by atoms with van der Waals surface area (Å²) in [6, 6.07) is 0.271. The number of ether oxygens (including phenoxy) is 3. The maximum atomic E-state index is 12.3. The summed E-state index contributed by atoms with van der Waals surface area (Å²) in [4.78, 5) is 14.1. The number of fused-ring (bicyclic) bond motifs is 1. The van der Waals surface area contributed by atoms with Crippen molar-refractivity contribution in [2.45, 2.75) is 77.7 Å². The van der Waals surface area contributed by atoms with Crippen LogP contribution in [0.1, 0.15) is 60.3 Å². The van der Waals surface area contributed by atoms with E-state index in [1.54, 1.807) is 4.90 Å². The molecule has 1 spiro atoms. The molecular formula is C19H33NO4. The first-order chi connectivity index (χ1) is 11.0. The van der Waals surface area contributed by atoms with Crippen LogP contribution < -0.4 is 0 Å². The van der Waals surface area contributed by atoms with Crippen molar-refractivity contribution in [3.05, 3.63) is 0 Å². The van der Waals surface area contributed by atoms with Gasteiger partial charge in [0.1, 0.15) is 5.60 Å². The fraction of sp³-hybridized carbons (Fsp3) is 0.947. The number of hydrogen-bond acceptors (Lipinski definition) is 4. The molecule has 1 amide bonds. The molecule has 0 bridgehead atoms. The van der Waals surface area contributed by atoms with E-state index in [1.807, 2.05) is 27.8 Å². The van der Waals surface area contributed by atoms with Crippen LogP contribution in [0, 0.1) is 17.3 Å². The van der Waals surface area contributed by atoms with Crippen molar-refractivity contribution < 1.29 is 19.0 Å². The van der Waals surface area contributed by atoms with Crippen LogP contribution in [0.25, 0.3) is 0 Å². The summed E-state index contributed by atoms with van der Waals surface area (Å²) in [6.45, 7) is 11.6. The van der Waals surface area contributed by atoms with Crippen LogP contribution in [-0.4, -0.2) is 48.7 Å². The molecule has 5 nitrogen and oxygen atoms in total. The highest BCUT2D eigenvalue weighted by atomic mass is 16.7. The number of amides is 1. The molecule has 3 fully saturated rings. The highest BCUT2D eigenvalue weighted by molar-refractivity contribution is 5.68. The van der Waals surface area contributed by atoms with Gasteiger partial charge in [-0.2, -0.15) is 0 Å². The molecule has 1 unspecified atom stereocenters. The Hall–Kier alpha value is -0.810. The van der Waals surface area contributed by atoms with Crippen molar-refractivity contribution in [3.63, 3.8) is 0 Å². The summed E-state index contributed by atoms with van der Waals surface area (Å²) in [5, 5.41) is 0. The Morgan fingerprint density at radius 3 is 2.04 bits per heavy atom. The van der Waals surface area contributed by atoms with Gasteiger partial charge in [-0.05, 0) is 45.4 Å². The van der Waals surface area contributed by atoms with Crippen molar-refractivity contribution >= 4 is 6.09 Å². The van der Waals surface area contributed by atoms with Crippen LogP contribution in [0.3, 0.4) is 0 Å². The Kier molecular flexibility index (Phi) is 4.40. The van der Waals surface area contributed by atoms with Crippen molar-refractivity contribution in [1.82, 2.24) is 4.90 Å². The monoisotopic (exact) mass is 339 g/mol. The van der Waals surface area contributed by atoms with Gasteiger partial charge in [0.15, 0.2) is 5.79 Å². The van der Waals surface area contributed by atoms with E-state index in [4.69, 9.17) is 14.2 Å². The number of carbonyl (C=O) groups is 1. The molecule has 3 aliphatic rings. The van der Waals surface area contributed by atoms with E-state index in [0.717, 1.165) is 38.9 Å². The van der Waals surface area contributed by atoms with Gasteiger partial charge in [0.2, 0.25) is 0 Å². The second-order valence-corrected chi connectivity index (χ2v) is 9.80. The summed E-state index contributed by atoms with van der Waals surface area (Å²) in [6.07, 6.45) is 3.77. The molecule has 0 radical (unpaired) electrons. The highest BCUT2D eigenvalue weighted by Gasteiger charge is 2.54. The second kappa shape index (κ2) is 5.87. The quantitative estimate of drug-likeness (QED) is 0.729. The topological polar surface area (TPSA) is 48.0 Å². The van der Waals surface area contributed by atoms with Crippen LogP contribution in [-0.2, 0) is 14.2 Å². The van der Waals surface area contributed by atoms with Crippen molar-refractivity contribution in [2.75, 3.05) is 20.3 Å². The predicted octanol–water partition coefficient (Wildman–Crippen LogP) is 3.81. The lowest BCUT2D eigenvalue weighted by Gasteiger charge is -2.42. The third-order valence-corrected chi connectivity index (χ3v) is 5.64. The minimum Gasteiger partial charge on any atom is -0.444 e. The average molecular weight is 339 g/mol. The van der Waals surface area contributed by atoms with Crippen molar-refractivity contribution in [3.8, 4) is 0 Å². The van der Waals surface area contributed by atoms with Crippen LogP contribution >= 0.6 is 0 Å². The molecule has 24 heavy (non-hydrogen) atoms. The number of rotatable bonds is 1. The zero-order valence-corrected chi connectivity index (χ0v) is 16.1. The van der Waals surface area contributed by atoms with Crippen LogP contribution in [0.2, 0.25) is 0 Å². The van der Waals surface area contributed by atoms with E-state index in [2.05, 4.69) is 13.8 Å². The lowest BCUT2D eigenvalue weighted by atomic mass is 9.94. The normalized spacial score (nSPS) is 34.2. The summed E-state index contributed by atoms with van der Waals surface area (Å²) < 4.78 is 17.8. The molecule has 138 valence electrons. The molecule has 1 aliphatic heterocycles. The van der Waals surface area contributed by atoms with Gasteiger partial charge in [-0.1, -0.05) is 13.8 Å². The van der Waals surface area contributed by atoms with Gasteiger partial charge >= 0.3 is 6.09 Å². The first-order valence-electron chi connectivity index (χ1n) is 9.22. The van der Waals surface area contributed by atoms with E-state index in [1.165, 1.54) is 0 Å². The lowest BCUT2D eigenvalue weighted by molar-refractivity contribution is -0.297. The summed E-state index contributed by atoms with van der Waals surface area (Å²) >= 11 is 0. The van der Waals surface area contributed by atoms with Gasteiger partial charge in [-0.3, -0.25) is 0 Å². The molecule has 5 heteroatoms. The zero-order valence-electron chi connectivity index (χ0n) is 16.1. The summed E-state index contributed by atoms with van der Waals surface area (Å²) in [7, 11) is 1.87. The molecule has 0 N–H and O–H groups in total. The smallest absolute Gasteiger partial charge is 0.410 e. The first kappa shape index (κ1) is 18.0. The van der Waals surface area contributed by atoms with E-state index >= 15 is 0 Å². The molecule has 3 atom stereocenters. The first-order valence-corrected chi connectivity index (χ1v) is 9.22. The Balaban J connectivity index is 1.55. The van der Waals surface area contributed by atoms with Crippen molar-refractivity contribution in [2.24, 2.45) is 17.3 Å². The highest BCUT2D eigenvalue weighted by Crippen LogP contribution is 2.53. The SMILES string of the molecule is CN(C(=O)OC(C)(C)C)C1C[C@@H]2CC3(C[C@@H]2C1)OCC(C)(C)CO3. The van der Waals surface area contributed by atoms with E-state index < -0.39 is 5.60 Å². The second-order valence-electron chi connectivity index (χ2n) is 9.80. The van der Waals surface area contributed by atoms with E-state index in [9.17, 15) is 4.79 Å². The van der Waals surface area contributed by atoms with E-state index in [-0.39, 0.29) is 23.3 Å². The van der Waals surface area contributed by atoms with Crippen LogP contribution in [0.4, 0.5) is 4.79 Å². The Morgan fingerprint density at radius 1 is 1.08 bits per heavy atom. The van der Waals surface area contributed by atoms with Crippen LogP contribution in [0.15, 0.2) is 0 Å². The van der Waals surface area contributed by atoms with Gasteiger partial charge in [-0.15, -0.1) is 0 Å². The maximum absolute atomic E-state index is 12.3. The van der Waals surface area contributed by atoms with Crippen LogP contribution in [0.5, 0.6) is 0 Å². The largest absolute Gasteiger partial charge is 0.444 e. The van der Waals surface area contributed by atoms with Gasteiger partial charge in [0.25, 0.3) is 0 Å². The molecule has 1 saturated heterocycles. The minimum absolute atomic E-state index is 0.114. The standard InChI is InChI=1S/C19H33NO4/c1-17(2,3)24-16(21)20(6)15-7-13-9-19(10-14(13)8-15)22-11-18(4,5)12-23-19/h13-15H,7-12H2,1-6H3/t13-,14+,15?. The average Bonchev–Trinajstić information content (AvgIpc) is 2.96. The van der Waals surface area contributed by atoms with Gasteiger partial charge < -0.3 is 19.1 Å².